The summed E-state index contributed by atoms with van der Waals surface area (Å²) in [6.45, 7) is 1.19. The monoisotopic (exact) mass is 205 g/mol. The second kappa shape index (κ2) is 4.89. The number of pyridine rings is 1. The predicted molar refractivity (Wildman–Crippen MR) is 57.4 cm³/mol. The van der Waals surface area contributed by atoms with Crippen molar-refractivity contribution in [2.24, 2.45) is 0 Å². The van der Waals surface area contributed by atoms with Gasteiger partial charge in [0.05, 0.1) is 6.54 Å². The number of aromatic nitrogens is 1. The average Bonchev–Trinajstić information content (AvgIpc) is 2.30. The van der Waals surface area contributed by atoms with Crippen LogP contribution in [0.1, 0.15) is 12.0 Å². The summed E-state index contributed by atoms with van der Waals surface area (Å²) in [5.74, 6) is 0.0927. The summed E-state index contributed by atoms with van der Waals surface area (Å²) in [4.78, 5) is 14.9. The Morgan fingerprint density at radius 1 is 1.40 bits per heavy atom. The van der Waals surface area contributed by atoms with Gasteiger partial charge in [0.25, 0.3) is 0 Å². The van der Waals surface area contributed by atoms with Crippen LogP contribution in [-0.4, -0.2) is 30.0 Å². The summed E-state index contributed by atoms with van der Waals surface area (Å²) in [6.07, 6.45) is 5.69. The molecule has 1 aromatic rings. The number of nitrogens with one attached hydrogen (secondary N) is 2. The van der Waals surface area contributed by atoms with Crippen LogP contribution in [0.5, 0.6) is 0 Å². The van der Waals surface area contributed by atoms with E-state index in [1.165, 1.54) is 5.56 Å². The number of nitrogens with zero attached hydrogens (tertiary/aromatic N) is 1. The molecule has 1 aliphatic rings. The molecule has 2 heterocycles. The summed E-state index contributed by atoms with van der Waals surface area (Å²) in [7, 11) is 0. The number of hydrogen-bond acceptors (Lipinski definition) is 3. The van der Waals surface area contributed by atoms with Gasteiger partial charge in [0, 0.05) is 25.0 Å². The Balaban J connectivity index is 1.77. The third-order valence-electron chi connectivity index (χ3n) is 2.63. The van der Waals surface area contributed by atoms with Crippen LogP contribution in [0.2, 0.25) is 0 Å². The topological polar surface area (TPSA) is 54.0 Å². The van der Waals surface area contributed by atoms with Crippen LogP contribution in [-0.2, 0) is 11.2 Å². The number of piperazine rings is 1. The van der Waals surface area contributed by atoms with Crippen molar-refractivity contribution < 1.29 is 4.79 Å². The van der Waals surface area contributed by atoms with Crippen molar-refractivity contribution >= 4 is 5.91 Å². The molecule has 0 radical (unpaired) electrons. The fourth-order valence-electron chi connectivity index (χ4n) is 1.70. The molecule has 2 rings (SSSR count). The maximum Gasteiger partial charge on any atom is 0.234 e. The van der Waals surface area contributed by atoms with E-state index >= 15 is 0 Å². The van der Waals surface area contributed by atoms with E-state index in [9.17, 15) is 4.79 Å². The van der Waals surface area contributed by atoms with Gasteiger partial charge in [0.1, 0.15) is 0 Å². The highest BCUT2D eigenvalue weighted by molar-refractivity contribution is 5.78. The van der Waals surface area contributed by atoms with Crippen molar-refractivity contribution in [3.63, 3.8) is 0 Å². The molecule has 2 N–H and O–H groups in total. The molecule has 1 amide bonds. The van der Waals surface area contributed by atoms with Gasteiger partial charge in [-0.3, -0.25) is 9.78 Å². The zero-order chi connectivity index (χ0) is 10.5. The van der Waals surface area contributed by atoms with Crippen LogP contribution in [0.4, 0.5) is 0 Å². The molecule has 0 aliphatic carbocycles. The van der Waals surface area contributed by atoms with Gasteiger partial charge in [-0.1, -0.05) is 0 Å². The molecule has 0 spiro atoms. The Morgan fingerprint density at radius 3 is 2.87 bits per heavy atom. The molecule has 15 heavy (non-hydrogen) atoms. The summed E-state index contributed by atoms with van der Waals surface area (Å²) >= 11 is 0. The molecular formula is C11H15N3O. The Labute approximate surface area is 89.1 Å². The largest absolute Gasteiger partial charge is 0.353 e. The van der Waals surface area contributed by atoms with Crippen molar-refractivity contribution in [1.29, 1.82) is 0 Å². The van der Waals surface area contributed by atoms with E-state index in [1.54, 1.807) is 0 Å². The first-order valence-corrected chi connectivity index (χ1v) is 5.23. The minimum absolute atomic E-state index is 0.0927. The van der Waals surface area contributed by atoms with Gasteiger partial charge in [0.15, 0.2) is 0 Å². The standard InChI is InChI=1S/C11H15N3O/c15-11-8-13-10(7-14-11)2-1-9-3-5-12-6-4-9/h3-6,10,13H,1-2,7-8H2,(H,14,15). The van der Waals surface area contributed by atoms with Crippen LogP contribution in [0.3, 0.4) is 0 Å². The van der Waals surface area contributed by atoms with Gasteiger partial charge in [0.2, 0.25) is 5.91 Å². The first-order chi connectivity index (χ1) is 7.34. The van der Waals surface area contributed by atoms with Crippen molar-refractivity contribution in [3.8, 4) is 0 Å². The van der Waals surface area contributed by atoms with E-state index in [0.717, 1.165) is 19.4 Å². The van der Waals surface area contributed by atoms with Gasteiger partial charge in [-0.25, -0.2) is 0 Å². The molecule has 80 valence electrons. The van der Waals surface area contributed by atoms with Crippen molar-refractivity contribution in [1.82, 2.24) is 15.6 Å². The van der Waals surface area contributed by atoms with Crippen molar-refractivity contribution in [2.75, 3.05) is 13.1 Å². The van der Waals surface area contributed by atoms with Gasteiger partial charge in [-0.2, -0.15) is 0 Å². The second-order valence-corrected chi connectivity index (χ2v) is 3.78. The number of aryl methyl sites for hydroxylation is 1. The van der Waals surface area contributed by atoms with E-state index < -0.39 is 0 Å². The third kappa shape index (κ3) is 3.02. The zero-order valence-electron chi connectivity index (χ0n) is 8.57. The minimum atomic E-state index is 0.0927. The maximum atomic E-state index is 10.9. The molecule has 1 aliphatic heterocycles. The first-order valence-electron chi connectivity index (χ1n) is 5.23. The van der Waals surface area contributed by atoms with E-state index in [2.05, 4.69) is 15.6 Å². The van der Waals surface area contributed by atoms with Crippen molar-refractivity contribution in [3.05, 3.63) is 30.1 Å². The van der Waals surface area contributed by atoms with Crippen LogP contribution < -0.4 is 10.6 Å². The number of hydrogen-bond donors (Lipinski definition) is 2. The summed E-state index contributed by atoms with van der Waals surface area (Å²) in [6, 6.07) is 4.46. The lowest BCUT2D eigenvalue weighted by Gasteiger charge is -2.23. The third-order valence-corrected chi connectivity index (χ3v) is 2.63. The highest BCUT2D eigenvalue weighted by atomic mass is 16.2. The SMILES string of the molecule is O=C1CNC(CCc2ccncc2)CN1. The van der Waals surface area contributed by atoms with Crippen LogP contribution in [0.15, 0.2) is 24.5 Å². The first kappa shape index (κ1) is 10.1. The Kier molecular flexibility index (Phi) is 3.29. The predicted octanol–water partition coefficient (Wildman–Crippen LogP) is 0.102. The number of carbonyl (C=O) groups excluding carboxylic acids is 1. The lowest BCUT2D eigenvalue weighted by atomic mass is 10.1. The molecule has 4 nitrogen and oxygen atoms in total. The zero-order valence-corrected chi connectivity index (χ0v) is 8.57. The van der Waals surface area contributed by atoms with Gasteiger partial charge >= 0.3 is 0 Å². The molecule has 1 unspecified atom stereocenters. The lowest BCUT2D eigenvalue weighted by molar-refractivity contribution is -0.121. The molecule has 0 bridgehead atoms. The van der Waals surface area contributed by atoms with Crippen LogP contribution in [0, 0.1) is 0 Å². The Hall–Kier alpha value is -1.42. The van der Waals surface area contributed by atoms with E-state index in [4.69, 9.17) is 0 Å². The normalized spacial score (nSPS) is 21.1. The smallest absolute Gasteiger partial charge is 0.234 e. The molecular weight excluding hydrogens is 190 g/mol. The van der Waals surface area contributed by atoms with E-state index in [1.807, 2.05) is 24.5 Å². The minimum Gasteiger partial charge on any atom is -0.353 e. The Morgan fingerprint density at radius 2 is 2.20 bits per heavy atom. The van der Waals surface area contributed by atoms with Crippen LogP contribution in [0.25, 0.3) is 0 Å². The highest BCUT2D eigenvalue weighted by Crippen LogP contribution is 2.04. The molecule has 1 atom stereocenters. The molecule has 0 saturated carbocycles. The lowest BCUT2D eigenvalue weighted by Crippen LogP contribution is -2.51. The average molecular weight is 205 g/mol. The Bertz CT molecular complexity index is 316. The maximum absolute atomic E-state index is 10.9. The van der Waals surface area contributed by atoms with Crippen molar-refractivity contribution in [2.45, 2.75) is 18.9 Å². The van der Waals surface area contributed by atoms with Gasteiger partial charge < -0.3 is 10.6 Å². The molecule has 1 aromatic heterocycles. The summed E-state index contributed by atoms with van der Waals surface area (Å²) in [5.41, 5.74) is 1.30. The van der Waals surface area contributed by atoms with Gasteiger partial charge in [-0.05, 0) is 30.5 Å². The summed E-state index contributed by atoms with van der Waals surface area (Å²) in [5, 5.41) is 6.07. The number of carbonyl (C=O) groups is 1. The molecule has 0 aromatic carbocycles. The quantitative estimate of drug-likeness (QED) is 0.736. The van der Waals surface area contributed by atoms with Gasteiger partial charge in [-0.15, -0.1) is 0 Å². The molecule has 1 fully saturated rings. The fraction of sp³-hybridized carbons (Fsp3) is 0.455. The number of rotatable bonds is 3. The number of amides is 1. The molecule has 1 saturated heterocycles. The summed E-state index contributed by atoms with van der Waals surface area (Å²) < 4.78 is 0. The van der Waals surface area contributed by atoms with Crippen LogP contribution >= 0.6 is 0 Å². The van der Waals surface area contributed by atoms with E-state index in [0.29, 0.717) is 12.6 Å². The second-order valence-electron chi connectivity index (χ2n) is 3.78. The highest BCUT2D eigenvalue weighted by Gasteiger charge is 2.16. The van der Waals surface area contributed by atoms with E-state index in [-0.39, 0.29) is 5.91 Å². The fourth-order valence-corrected chi connectivity index (χ4v) is 1.70. The molecule has 4 heteroatoms.